The SMILES string of the molecule is COC(=O)NC(=O)[C@H](C)OC(=O)/C=C/c1cc(OC)c(OC)cc1OC. The van der Waals surface area contributed by atoms with E-state index in [2.05, 4.69) is 4.74 Å². The third kappa shape index (κ3) is 5.69. The number of carbonyl (C=O) groups excluding carboxylic acids is 3. The third-order valence-corrected chi connectivity index (χ3v) is 3.21. The third-order valence-electron chi connectivity index (χ3n) is 3.21. The number of benzene rings is 1. The summed E-state index contributed by atoms with van der Waals surface area (Å²) in [5.74, 6) is -0.218. The number of rotatable bonds is 7. The van der Waals surface area contributed by atoms with Crippen LogP contribution in [0.25, 0.3) is 6.08 Å². The van der Waals surface area contributed by atoms with Crippen LogP contribution < -0.4 is 19.5 Å². The molecule has 0 heterocycles. The summed E-state index contributed by atoms with van der Waals surface area (Å²) in [5, 5.41) is 1.90. The molecule has 0 aliphatic heterocycles. The molecule has 0 unspecified atom stereocenters. The molecule has 9 heteroatoms. The number of carbonyl (C=O) groups is 3. The van der Waals surface area contributed by atoms with E-state index in [1.165, 1.54) is 34.3 Å². The standard InChI is InChI=1S/C17H21NO8/c1-10(16(20)18-17(21)25-5)26-15(19)7-6-11-8-13(23-3)14(24-4)9-12(11)22-2/h6-10H,1-5H3,(H,18,20,21)/b7-6+/t10-/m0/s1. The molecule has 1 N–H and O–H groups in total. The minimum atomic E-state index is -1.18. The van der Waals surface area contributed by atoms with Gasteiger partial charge in [0, 0.05) is 17.7 Å². The molecule has 0 saturated heterocycles. The average Bonchev–Trinajstić information content (AvgIpc) is 2.64. The highest BCUT2D eigenvalue weighted by Gasteiger charge is 2.19. The quantitative estimate of drug-likeness (QED) is 0.571. The first-order valence-electron chi connectivity index (χ1n) is 7.43. The molecule has 26 heavy (non-hydrogen) atoms. The molecule has 0 fully saturated rings. The number of hydrogen-bond donors (Lipinski definition) is 1. The van der Waals surface area contributed by atoms with Crippen LogP contribution in [0.2, 0.25) is 0 Å². The van der Waals surface area contributed by atoms with E-state index >= 15 is 0 Å². The Balaban J connectivity index is 2.84. The Labute approximate surface area is 150 Å². The molecule has 0 radical (unpaired) electrons. The maximum absolute atomic E-state index is 11.9. The minimum Gasteiger partial charge on any atom is -0.496 e. The van der Waals surface area contributed by atoms with E-state index in [-0.39, 0.29) is 0 Å². The van der Waals surface area contributed by atoms with Crippen molar-refractivity contribution < 1.29 is 38.1 Å². The zero-order valence-corrected chi connectivity index (χ0v) is 15.2. The maximum atomic E-state index is 11.9. The van der Waals surface area contributed by atoms with Crippen LogP contribution in [0.1, 0.15) is 12.5 Å². The van der Waals surface area contributed by atoms with Gasteiger partial charge in [0.2, 0.25) is 0 Å². The molecule has 142 valence electrons. The molecule has 0 saturated carbocycles. The Kier molecular flexibility index (Phi) is 7.94. The van der Waals surface area contributed by atoms with Gasteiger partial charge in [-0.2, -0.15) is 0 Å². The van der Waals surface area contributed by atoms with Gasteiger partial charge in [-0.05, 0) is 19.1 Å². The van der Waals surface area contributed by atoms with E-state index in [1.54, 1.807) is 12.1 Å². The summed E-state index contributed by atoms with van der Waals surface area (Å²) >= 11 is 0. The lowest BCUT2D eigenvalue weighted by molar-refractivity contribution is -0.149. The van der Waals surface area contributed by atoms with Crippen LogP contribution in [-0.4, -0.2) is 52.5 Å². The van der Waals surface area contributed by atoms with Crippen molar-refractivity contribution in [2.75, 3.05) is 28.4 Å². The average molecular weight is 367 g/mol. The van der Waals surface area contributed by atoms with Crippen molar-refractivity contribution in [1.29, 1.82) is 0 Å². The molecule has 1 aromatic carbocycles. The van der Waals surface area contributed by atoms with Gasteiger partial charge in [0.15, 0.2) is 17.6 Å². The first-order chi connectivity index (χ1) is 12.4. The number of ether oxygens (including phenoxy) is 5. The number of hydrogen-bond acceptors (Lipinski definition) is 8. The van der Waals surface area contributed by atoms with E-state index in [0.29, 0.717) is 22.8 Å². The van der Waals surface area contributed by atoms with Crippen molar-refractivity contribution in [2.24, 2.45) is 0 Å². The zero-order chi connectivity index (χ0) is 19.7. The van der Waals surface area contributed by atoms with Crippen molar-refractivity contribution in [3.63, 3.8) is 0 Å². The van der Waals surface area contributed by atoms with Crippen molar-refractivity contribution >= 4 is 24.0 Å². The lowest BCUT2D eigenvalue weighted by Crippen LogP contribution is -2.39. The number of methoxy groups -OCH3 is 4. The second-order valence-corrected chi connectivity index (χ2v) is 4.84. The lowest BCUT2D eigenvalue weighted by atomic mass is 10.1. The zero-order valence-electron chi connectivity index (χ0n) is 15.2. The normalized spacial score (nSPS) is 11.4. The van der Waals surface area contributed by atoms with E-state index in [9.17, 15) is 14.4 Å². The Morgan fingerprint density at radius 3 is 2.08 bits per heavy atom. The molecule has 1 aromatic rings. The predicted octanol–water partition coefficient (Wildman–Crippen LogP) is 1.54. The van der Waals surface area contributed by atoms with Crippen molar-refractivity contribution in [1.82, 2.24) is 5.32 Å². The summed E-state index contributed by atoms with van der Waals surface area (Å²) in [6, 6.07) is 3.23. The van der Waals surface area contributed by atoms with Gasteiger partial charge in [0.05, 0.1) is 28.4 Å². The first-order valence-corrected chi connectivity index (χ1v) is 7.43. The van der Waals surface area contributed by atoms with E-state index < -0.39 is 24.1 Å². The largest absolute Gasteiger partial charge is 0.496 e. The first kappa shape index (κ1) is 20.8. The summed E-state index contributed by atoms with van der Waals surface area (Å²) in [7, 11) is 5.55. The second-order valence-electron chi connectivity index (χ2n) is 4.84. The van der Waals surface area contributed by atoms with Gasteiger partial charge in [0.25, 0.3) is 5.91 Å². The number of amides is 2. The van der Waals surface area contributed by atoms with Crippen LogP contribution in [0.4, 0.5) is 4.79 Å². The molecular weight excluding hydrogens is 346 g/mol. The van der Waals surface area contributed by atoms with Crippen molar-refractivity contribution in [3.05, 3.63) is 23.8 Å². The Morgan fingerprint density at radius 1 is 0.962 bits per heavy atom. The maximum Gasteiger partial charge on any atom is 0.413 e. The fourth-order valence-electron chi connectivity index (χ4n) is 1.86. The van der Waals surface area contributed by atoms with Crippen LogP contribution in [0.3, 0.4) is 0 Å². The number of alkyl carbamates (subject to hydrolysis) is 1. The molecule has 2 amide bonds. The second kappa shape index (κ2) is 9.92. The molecule has 9 nitrogen and oxygen atoms in total. The molecule has 0 spiro atoms. The van der Waals surface area contributed by atoms with Crippen molar-refractivity contribution in [2.45, 2.75) is 13.0 Å². The Morgan fingerprint density at radius 2 is 1.54 bits per heavy atom. The lowest BCUT2D eigenvalue weighted by Gasteiger charge is -2.12. The topological polar surface area (TPSA) is 109 Å². The summed E-state index contributed by atoms with van der Waals surface area (Å²) < 4.78 is 24.8. The molecule has 0 aliphatic carbocycles. The summed E-state index contributed by atoms with van der Waals surface area (Å²) in [4.78, 5) is 34.4. The van der Waals surface area contributed by atoms with Crippen LogP contribution in [-0.2, 0) is 19.1 Å². The van der Waals surface area contributed by atoms with Gasteiger partial charge >= 0.3 is 12.1 Å². The van der Waals surface area contributed by atoms with E-state index in [0.717, 1.165) is 13.2 Å². The highest BCUT2D eigenvalue weighted by atomic mass is 16.6. The molecular formula is C17H21NO8. The molecule has 1 atom stereocenters. The van der Waals surface area contributed by atoms with Gasteiger partial charge in [0.1, 0.15) is 5.75 Å². The van der Waals surface area contributed by atoms with Crippen LogP contribution in [0, 0.1) is 0 Å². The predicted molar refractivity (Wildman–Crippen MR) is 91.2 cm³/mol. The van der Waals surface area contributed by atoms with Gasteiger partial charge in [-0.1, -0.05) is 0 Å². The Bertz CT molecular complexity index is 698. The van der Waals surface area contributed by atoms with Crippen molar-refractivity contribution in [3.8, 4) is 17.2 Å². The molecule has 0 aromatic heterocycles. The highest BCUT2D eigenvalue weighted by molar-refractivity contribution is 5.96. The smallest absolute Gasteiger partial charge is 0.413 e. The molecule has 1 rings (SSSR count). The summed E-state index contributed by atoms with van der Waals surface area (Å²) in [5.41, 5.74) is 0.536. The van der Waals surface area contributed by atoms with Gasteiger partial charge in [-0.3, -0.25) is 10.1 Å². The summed E-state index contributed by atoms with van der Waals surface area (Å²) in [6.07, 6.45) is 0.432. The monoisotopic (exact) mass is 367 g/mol. The van der Waals surface area contributed by atoms with Crippen LogP contribution in [0.5, 0.6) is 17.2 Å². The Hall–Kier alpha value is -3.23. The van der Waals surface area contributed by atoms with Gasteiger partial charge < -0.3 is 23.7 Å². The molecule has 0 bridgehead atoms. The number of imide groups is 1. The van der Waals surface area contributed by atoms with E-state index in [1.807, 2.05) is 5.32 Å². The number of nitrogens with one attached hydrogen (secondary N) is 1. The fraction of sp³-hybridized carbons (Fsp3) is 0.353. The fourth-order valence-corrected chi connectivity index (χ4v) is 1.86. The molecule has 0 aliphatic rings. The van der Waals surface area contributed by atoms with E-state index in [4.69, 9.17) is 18.9 Å². The minimum absolute atomic E-state index is 0.447. The number of esters is 1. The van der Waals surface area contributed by atoms with Crippen LogP contribution in [0.15, 0.2) is 18.2 Å². The van der Waals surface area contributed by atoms with Gasteiger partial charge in [-0.25, -0.2) is 9.59 Å². The van der Waals surface area contributed by atoms with Crippen LogP contribution >= 0.6 is 0 Å². The van der Waals surface area contributed by atoms with Gasteiger partial charge in [-0.15, -0.1) is 0 Å². The highest BCUT2D eigenvalue weighted by Crippen LogP contribution is 2.35. The summed E-state index contributed by atoms with van der Waals surface area (Å²) in [6.45, 7) is 1.32.